The van der Waals surface area contributed by atoms with Gasteiger partial charge < -0.3 is 19.9 Å². The molecule has 1 saturated heterocycles. The number of benzene rings is 2. The fourth-order valence-electron chi connectivity index (χ4n) is 4.94. The van der Waals surface area contributed by atoms with Gasteiger partial charge in [0.1, 0.15) is 5.75 Å². The van der Waals surface area contributed by atoms with Crippen LogP contribution in [0.4, 0.5) is 5.69 Å². The van der Waals surface area contributed by atoms with Gasteiger partial charge in [0.05, 0.1) is 30.4 Å². The summed E-state index contributed by atoms with van der Waals surface area (Å²) in [6.07, 6.45) is 7.60. The lowest BCUT2D eigenvalue weighted by molar-refractivity contribution is -0.119. The van der Waals surface area contributed by atoms with Crippen LogP contribution in [0.2, 0.25) is 0 Å². The average Bonchev–Trinajstić information content (AvgIpc) is 3.51. The molecule has 1 atom stereocenters. The van der Waals surface area contributed by atoms with E-state index in [4.69, 9.17) is 4.74 Å². The predicted octanol–water partition coefficient (Wildman–Crippen LogP) is 4.63. The van der Waals surface area contributed by atoms with Crippen LogP contribution in [0.5, 0.6) is 5.75 Å². The quantitative estimate of drug-likeness (QED) is 0.406. The van der Waals surface area contributed by atoms with Crippen molar-refractivity contribution < 1.29 is 9.53 Å². The molecule has 4 aromatic rings. The highest BCUT2D eigenvalue weighted by Gasteiger charge is 2.32. The number of rotatable bonds is 6. The van der Waals surface area contributed by atoms with Crippen LogP contribution in [0.25, 0.3) is 22.0 Å². The van der Waals surface area contributed by atoms with Gasteiger partial charge in [0.15, 0.2) is 0 Å². The number of likely N-dealkylation sites (tertiary alicyclic amines) is 1. The molecule has 0 radical (unpaired) electrons. The first kappa shape index (κ1) is 21.3. The third-order valence-corrected chi connectivity index (χ3v) is 6.75. The number of piperidine rings is 1. The number of aromatic nitrogens is 3. The van der Waals surface area contributed by atoms with Gasteiger partial charge in [-0.3, -0.25) is 9.89 Å². The predicted molar refractivity (Wildman–Crippen MR) is 130 cm³/mol. The molecule has 2 aromatic carbocycles. The van der Waals surface area contributed by atoms with Gasteiger partial charge in [-0.15, -0.1) is 0 Å². The second kappa shape index (κ2) is 9.11. The third-order valence-electron chi connectivity index (χ3n) is 6.75. The number of ether oxygens (including phenoxy) is 1. The van der Waals surface area contributed by atoms with E-state index in [1.807, 2.05) is 48.8 Å². The monoisotopic (exact) mass is 443 g/mol. The molecular formula is C26H29N5O2. The molecule has 1 unspecified atom stereocenters. The van der Waals surface area contributed by atoms with Crippen LogP contribution in [-0.2, 0) is 4.79 Å². The fraction of sp³-hybridized carbons (Fsp3) is 0.308. The number of H-pyrrole nitrogens is 2. The molecule has 7 nitrogen and oxygen atoms in total. The smallest absolute Gasteiger partial charge is 0.232 e. The Morgan fingerprint density at radius 3 is 2.76 bits per heavy atom. The third kappa shape index (κ3) is 4.24. The van der Waals surface area contributed by atoms with E-state index in [-0.39, 0.29) is 17.7 Å². The summed E-state index contributed by atoms with van der Waals surface area (Å²) < 4.78 is 5.45. The first-order chi connectivity index (χ1) is 16.1. The van der Waals surface area contributed by atoms with Crippen LogP contribution in [0.3, 0.4) is 0 Å². The number of hydrogen-bond donors (Lipinski definition) is 3. The van der Waals surface area contributed by atoms with E-state index < -0.39 is 0 Å². The van der Waals surface area contributed by atoms with Crippen molar-refractivity contribution in [2.45, 2.75) is 18.8 Å². The van der Waals surface area contributed by atoms with Crippen LogP contribution in [0.15, 0.2) is 61.1 Å². The second-order valence-corrected chi connectivity index (χ2v) is 8.80. The topological polar surface area (TPSA) is 86.0 Å². The number of hydrogen-bond acceptors (Lipinski definition) is 4. The highest BCUT2D eigenvalue weighted by Crippen LogP contribution is 2.37. The van der Waals surface area contributed by atoms with Gasteiger partial charge in [-0.05, 0) is 62.7 Å². The van der Waals surface area contributed by atoms with Crippen molar-refractivity contribution in [2.75, 3.05) is 32.6 Å². The number of amides is 1. The van der Waals surface area contributed by atoms with Crippen molar-refractivity contribution in [3.63, 3.8) is 0 Å². The Bertz CT molecular complexity index is 1240. The van der Waals surface area contributed by atoms with E-state index in [1.54, 1.807) is 13.3 Å². The minimum Gasteiger partial charge on any atom is -0.497 e. The van der Waals surface area contributed by atoms with Gasteiger partial charge in [0.2, 0.25) is 5.91 Å². The molecular weight excluding hydrogens is 414 g/mol. The molecule has 170 valence electrons. The highest BCUT2D eigenvalue weighted by molar-refractivity contribution is 6.07. The van der Waals surface area contributed by atoms with E-state index in [1.165, 1.54) is 0 Å². The highest BCUT2D eigenvalue weighted by atomic mass is 16.5. The summed E-state index contributed by atoms with van der Waals surface area (Å²) >= 11 is 0. The molecule has 5 rings (SSSR count). The maximum absolute atomic E-state index is 13.8. The zero-order valence-corrected chi connectivity index (χ0v) is 19.0. The van der Waals surface area contributed by atoms with Crippen molar-refractivity contribution >= 4 is 22.5 Å². The van der Waals surface area contributed by atoms with Gasteiger partial charge >= 0.3 is 0 Å². The first-order valence-corrected chi connectivity index (χ1v) is 11.4. The van der Waals surface area contributed by atoms with E-state index in [9.17, 15) is 4.79 Å². The van der Waals surface area contributed by atoms with E-state index >= 15 is 0 Å². The van der Waals surface area contributed by atoms with Crippen LogP contribution in [0, 0.1) is 5.92 Å². The Hall–Kier alpha value is -3.58. The van der Waals surface area contributed by atoms with Crippen LogP contribution in [-0.4, -0.2) is 53.2 Å². The summed E-state index contributed by atoms with van der Waals surface area (Å²) in [5.41, 5.74) is 4.75. The molecule has 0 saturated carbocycles. The first-order valence-electron chi connectivity index (χ1n) is 11.4. The molecule has 3 heterocycles. The number of nitrogens with zero attached hydrogens (tertiary/aromatic N) is 2. The molecule has 1 fully saturated rings. The Labute approximate surface area is 193 Å². The molecule has 1 aliphatic rings. The van der Waals surface area contributed by atoms with Gasteiger partial charge in [-0.2, -0.15) is 5.10 Å². The summed E-state index contributed by atoms with van der Waals surface area (Å²) in [4.78, 5) is 19.5. The summed E-state index contributed by atoms with van der Waals surface area (Å²) in [5.74, 6) is 0.823. The number of methoxy groups -OCH3 is 1. The number of carbonyl (C=O) groups is 1. The molecule has 0 aliphatic carbocycles. The maximum Gasteiger partial charge on any atom is 0.232 e. The summed E-state index contributed by atoms with van der Waals surface area (Å²) in [5, 5.41) is 11.2. The summed E-state index contributed by atoms with van der Waals surface area (Å²) in [6.45, 7) is 2.00. The average molecular weight is 444 g/mol. The lowest BCUT2D eigenvalue weighted by atomic mass is 9.79. The molecule has 3 N–H and O–H groups in total. The standard InChI is InChI=1S/C26H29N5O2/c1-31-11-9-17(10-12-31)24(18-5-3-6-20(13-18)33-2)26(32)30-23-8-4-7-21-22(16-27-25(21)23)19-14-28-29-15-19/h3-8,13-17,24,27H,9-12H2,1-2H3,(H,28,29)(H,30,32). The Morgan fingerprint density at radius 2 is 2.00 bits per heavy atom. The number of nitrogens with one attached hydrogen (secondary N) is 3. The molecule has 0 spiro atoms. The van der Waals surface area contributed by atoms with E-state index in [2.05, 4.69) is 38.5 Å². The number of fused-ring (bicyclic) bond motifs is 1. The van der Waals surface area contributed by atoms with Gasteiger partial charge in [-0.1, -0.05) is 24.3 Å². The SMILES string of the molecule is COc1cccc(C(C(=O)Nc2cccc3c(-c4cn[nH]c4)c[nH]c23)C2CCN(C)CC2)c1. The van der Waals surface area contributed by atoms with Gasteiger partial charge in [0.25, 0.3) is 0 Å². The molecule has 33 heavy (non-hydrogen) atoms. The van der Waals surface area contributed by atoms with Crippen molar-refractivity contribution in [3.05, 3.63) is 66.6 Å². The van der Waals surface area contributed by atoms with Crippen molar-refractivity contribution in [3.8, 4) is 16.9 Å². The lowest BCUT2D eigenvalue weighted by Crippen LogP contribution is -2.36. The maximum atomic E-state index is 13.8. The van der Waals surface area contributed by atoms with Crippen molar-refractivity contribution in [1.82, 2.24) is 20.1 Å². The van der Waals surface area contributed by atoms with Gasteiger partial charge in [0, 0.05) is 28.9 Å². The lowest BCUT2D eigenvalue weighted by Gasteiger charge is -2.34. The molecule has 7 heteroatoms. The molecule has 0 bridgehead atoms. The largest absolute Gasteiger partial charge is 0.497 e. The van der Waals surface area contributed by atoms with Crippen molar-refractivity contribution in [2.24, 2.45) is 5.92 Å². The molecule has 1 amide bonds. The Kier molecular flexibility index (Phi) is 5.88. The Balaban J connectivity index is 1.48. The molecule has 1 aliphatic heterocycles. The molecule has 2 aromatic heterocycles. The Morgan fingerprint density at radius 1 is 1.18 bits per heavy atom. The van der Waals surface area contributed by atoms with E-state index in [0.29, 0.717) is 0 Å². The minimum atomic E-state index is -0.243. The van der Waals surface area contributed by atoms with Crippen molar-refractivity contribution in [1.29, 1.82) is 0 Å². The minimum absolute atomic E-state index is 0.0183. The van der Waals surface area contributed by atoms with Crippen LogP contribution in [0.1, 0.15) is 24.3 Å². The number of para-hydroxylation sites is 1. The number of anilines is 1. The summed E-state index contributed by atoms with van der Waals surface area (Å²) in [6, 6.07) is 13.9. The van der Waals surface area contributed by atoms with Crippen LogP contribution >= 0.6 is 0 Å². The second-order valence-electron chi connectivity index (χ2n) is 8.80. The number of aromatic amines is 2. The normalized spacial score (nSPS) is 16.1. The fourth-order valence-corrected chi connectivity index (χ4v) is 4.94. The van der Waals surface area contributed by atoms with Gasteiger partial charge in [-0.25, -0.2) is 0 Å². The van der Waals surface area contributed by atoms with E-state index in [0.717, 1.165) is 65.0 Å². The zero-order valence-electron chi connectivity index (χ0n) is 19.0. The van der Waals surface area contributed by atoms with Crippen LogP contribution < -0.4 is 10.1 Å². The summed E-state index contributed by atoms with van der Waals surface area (Å²) in [7, 11) is 3.80. The zero-order chi connectivity index (χ0) is 22.8. The number of carbonyl (C=O) groups excluding carboxylic acids is 1.